The third kappa shape index (κ3) is 5.59. The Morgan fingerprint density at radius 1 is 1.10 bits per heavy atom. The van der Waals surface area contributed by atoms with E-state index in [1.54, 1.807) is 34.9 Å². The molecule has 1 aromatic carbocycles. The summed E-state index contributed by atoms with van der Waals surface area (Å²) in [6.45, 7) is 12.9. The molecule has 0 saturated carbocycles. The number of halogens is 1. The molecule has 1 heterocycles. The van der Waals surface area contributed by atoms with Crippen LogP contribution < -0.4 is 15.5 Å². The molecule has 2 rings (SSSR count). The number of nitrogens with one attached hydrogen (secondary N) is 1. The predicted molar refractivity (Wildman–Crippen MR) is 117 cm³/mol. The largest absolute Gasteiger partial charge is 0.497 e. The molecular weight excluding hydrogens is 410 g/mol. The van der Waals surface area contributed by atoms with Crippen molar-refractivity contribution in [2.45, 2.75) is 65.3 Å². The van der Waals surface area contributed by atoms with Crippen LogP contribution in [0.15, 0.2) is 12.1 Å². The summed E-state index contributed by atoms with van der Waals surface area (Å²) in [5.41, 5.74) is -1.12. The van der Waals surface area contributed by atoms with E-state index >= 15 is 0 Å². The third-order valence-electron chi connectivity index (χ3n) is 4.81. The van der Waals surface area contributed by atoms with Gasteiger partial charge < -0.3 is 23.7 Å². The summed E-state index contributed by atoms with van der Waals surface area (Å²) in [7, 11) is 2.29. The van der Waals surface area contributed by atoms with E-state index in [9.17, 15) is 9.59 Å². The maximum absolute atomic E-state index is 12.4. The smallest absolute Gasteiger partial charge is 0.444 e. The highest BCUT2D eigenvalue weighted by molar-refractivity contribution is 6.64. The highest BCUT2D eigenvalue weighted by atomic mass is 35.5. The maximum atomic E-state index is 12.4. The number of ether oxygens (including phenoxy) is 2. The second-order valence-electron chi connectivity index (χ2n) is 9.35. The van der Waals surface area contributed by atoms with E-state index in [2.05, 4.69) is 5.32 Å². The second-order valence-corrected chi connectivity index (χ2v) is 9.75. The van der Waals surface area contributed by atoms with Gasteiger partial charge >= 0.3 is 19.3 Å². The van der Waals surface area contributed by atoms with E-state index < -0.39 is 36.1 Å². The van der Waals surface area contributed by atoms with Gasteiger partial charge in [0.1, 0.15) is 5.60 Å². The summed E-state index contributed by atoms with van der Waals surface area (Å²) < 4.78 is 22.9. The number of carbonyl (C=O) groups excluding carboxylic acids is 2. The maximum Gasteiger partial charge on any atom is 0.497 e. The summed E-state index contributed by atoms with van der Waals surface area (Å²) in [5.74, 6) is 0.120. The predicted octanol–water partition coefficient (Wildman–Crippen LogP) is 4.05. The number of hydrogen-bond donors (Lipinski definition) is 1. The standard InChI is InChI=1S/C20H30BClN2O6/c1-18(2,3)28-16(25)23-14-11-13(22)15(27-17(26)24(8)9)10-12(14)21-29-19(4,5)20(6,7)30-21/h10-11H,1-9H3,(H,23,25). The molecule has 166 valence electrons. The number of rotatable bonds is 3. The normalized spacial score (nSPS) is 17.5. The minimum Gasteiger partial charge on any atom is -0.444 e. The van der Waals surface area contributed by atoms with Gasteiger partial charge in [-0.25, -0.2) is 9.59 Å². The average molecular weight is 441 g/mol. The Morgan fingerprint density at radius 3 is 2.10 bits per heavy atom. The van der Waals surface area contributed by atoms with Gasteiger partial charge in [0.25, 0.3) is 0 Å². The molecule has 0 spiro atoms. The summed E-state index contributed by atoms with van der Waals surface area (Å²) in [6, 6.07) is 3.00. The molecule has 0 aromatic heterocycles. The van der Waals surface area contributed by atoms with Crippen molar-refractivity contribution in [3.8, 4) is 5.75 Å². The van der Waals surface area contributed by atoms with Gasteiger partial charge in [-0.2, -0.15) is 0 Å². The van der Waals surface area contributed by atoms with Crippen LogP contribution in [0.3, 0.4) is 0 Å². The van der Waals surface area contributed by atoms with E-state index in [0.29, 0.717) is 11.2 Å². The van der Waals surface area contributed by atoms with Gasteiger partial charge in [0, 0.05) is 25.2 Å². The highest BCUT2D eigenvalue weighted by Crippen LogP contribution is 2.38. The van der Waals surface area contributed by atoms with Crippen LogP contribution in [-0.2, 0) is 14.0 Å². The minimum absolute atomic E-state index is 0.120. The molecule has 1 aromatic rings. The van der Waals surface area contributed by atoms with E-state index in [1.165, 1.54) is 17.0 Å². The van der Waals surface area contributed by atoms with Gasteiger partial charge in [0.15, 0.2) is 5.75 Å². The van der Waals surface area contributed by atoms with Gasteiger partial charge in [0.05, 0.1) is 16.2 Å². The molecule has 0 bridgehead atoms. The Bertz CT molecular complexity index is 819. The topological polar surface area (TPSA) is 86.3 Å². The van der Waals surface area contributed by atoms with E-state index in [4.69, 9.17) is 30.4 Å². The van der Waals surface area contributed by atoms with Crippen LogP contribution in [0, 0.1) is 0 Å². The molecule has 8 nitrogen and oxygen atoms in total. The number of hydrogen-bond acceptors (Lipinski definition) is 6. The number of amides is 2. The Labute approximate surface area is 183 Å². The zero-order valence-electron chi connectivity index (χ0n) is 19.0. The van der Waals surface area contributed by atoms with E-state index in [1.807, 2.05) is 27.7 Å². The van der Waals surface area contributed by atoms with Crippen LogP contribution in [-0.4, -0.2) is 55.1 Å². The third-order valence-corrected chi connectivity index (χ3v) is 5.10. The average Bonchev–Trinajstić information content (AvgIpc) is 2.75. The first kappa shape index (κ1) is 24.3. The molecule has 0 unspecified atom stereocenters. The zero-order valence-corrected chi connectivity index (χ0v) is 19.8. The van der Waals surface area contributed by atoms with Crippen LogP contribution >= 0.6 is 11.6 Å². The fourth-order valence-electron chi connectivity index (χ4n) is 2.52. The first-order chi connectivity index (χ1) is 13.5. The zero-order chi connectivity index (χ0) is 23.1. The SMILES string of the molecule is CN(C)C(=O)Oc1cc(B2OC(C)(C)C(C)(C)O2)c(NC(=O)OC(C)(C)C)cc1Cl. The monoisotopic (exact) mass is 440 g/mol. The van der Waals surface area contributed by atoms with Crippen LogP contribution in [0.1, 0.15) is 48.5 Å². The van der Waals surface area contributed by atoms with Gasteiger partial charge in [-0.15, -0.1) is 0 Å². The van der Waals surface area contributed by atoms with Crippen molar-refractivity contribution in [3.63, 3.8) is 0 Å². The molecule has 10 heteroatoms. The summed E-state index contributed by atoms with van der Waals surface area (Å²) >= 11 is 6.32. The molecule has 1 N–H and O–H groups in total. The molecule has 1 aliphatic rings. The van der Waals surface area contributed by atoms with E-state index in [0.717, 1.165) is 0 Å². The lowest BCUT2D eigenvalue weighted by Gasteiger charge is -2.32. The lowest BCUT2D eigenvalue weighted by atomic mass is 9.77. The Morgan fingerprint density at radius 2 is 1.63 bits per heavy atom. The fourth-order valence-corrected chi connectivity index (χ4v) is 2.72. The summed E-state index contributed by atoms with van der Waals surface area (Å²) in [6.07, 6.45) is -1.25. The van der Waals surface area contributed by atoms with Crippen molar-refractivity contribution < 1.29 is 28.4 Å². The van der Waals surface area contributed by atoms with Crippen LogP contribution in [0.5, 0.6) is 5.75 Å². The Balaban J connectivity index is 2.46. The summed E-state index contributed by atoms with van der Waals surface area (Å²) in [5, 5.41) is 2.82. The number of anilines is 1. The number of benzene rings is 1. The highest BCUT2D eigenvalue weighted by Gasteiger charge is 2.52. The lowest BCUT2D eigenvalue weighted by molar-refractivity contribution is 0.00578. The van der Waals surface area contributed by atoms with Gasteiger partial charge in [0.2, 0.25) is 0 Å². The molecule has 1 saturated heterocycles. The lowest BCUT2D eigenvalue weighted by Crippen LogP contribution is -2.41. The first-order valence-corrected chi connectivity index (χ1v) is 9.98. The van der Waals surface area contributed by atoms with Crippen molar-refractivity contribution in [1.82, 2.24) is 4.90 Å². The first-order valence-electron chi connectivity index (χ1n) is 9.60. The summed E-state index contributed by atoms with van der Waals surface area (Å²) in [4.78, 5) is 25.7. The Kier molecular flexibility index (Phi) is 6.71. The quantitative estimate of drug-likeness (QED) is 0.714. The number of nitrogens with zero attached hydrogens (tertiary/aromatic N) is 1. The Hall–Kier alpha value is -1.97. The van der Waals surface area contributed by atoms with Crippen LogP contribution in [0.25, 0.3) is 0 Å². The molecule has 0 atom stereocenters. The van der Waals surface area contributed by atoms with Gasteiger partial charge in [-0.05, 0) is 60.6 Å². The molecule has 30 heavy (non-hydrogen) atoms. The molecule has 0 aliphatic carbocycles. The van der Waals surface area contributed by atoms with Crippen molar-refractivity contribution >= 4 is 42.1 Å². The van der Waals surface area contributed by atoms with Gasteiger partial charge in [-0.1, -0.05) is 11.6 Å². The molecule has 1 fully saturated rings. The molecular formula is C20H30BClN2O6. The minimum atomic E-state index is -0.825. The fraction of sp³-hybridized carbons (Fsp3) is 0.600. The van der Waals surface area contributed by atoms with Crippen molar-refractivity contribution in [2.75, 3.05) is 19.4 Å². The van der Waals surface area contributed by atoms with Crippen molar-refractivity contribution in [1.29, 1.82) is 0 Å². The van der Waals surface area contributed by atoms with Crippen molar-refractivity contribution in [3.05, 3.63) is 17.2 Å². The van der Waals surface area contributed by atoms with Crippen LogP contribution in [0.2, 0.25) is 5.02 Å². The van der Waals surface area contributed by atoms with E-state index in [-0.39, 0.29) is 10.8 Å². The number of carbonyl (C=O) groups is 2. The second kappa shape index (κ2) is 8.28. The molecule has 1 aliphatic heterocycles. The van der Waals surface area contributed by atoms with Gasteiger partial charge in [-0.3, -0.25) is 5.32 Å². The van der Waals surface area contributed by atoms with Crippen LogP contribution in [0.4, 0.5) is 15.3 Å². The molecule has 2 amide bonds. The molecule has 0 radical (unpaired) electrons. The van der Waals surface area contributed by atoms with Crippen molar-refractivity contribution in [2.24, 2.45) is 0 Å².